The van der Waals surface area contributed by atoms with Gasteiger partial charge < -0.3 is 10.6 Å². The van der Waals surface area contributed by atoms with E-state index in [4.69, 9.17) is 5.73 Å². The summed E-state index contributed by atoms with van der Waals surface area (Å²) in [7, 11) is 2.19. The minimum absolute atomic E-state index is 0.552. The first-order valence-electron chi connectivity index (χ1n) is 6.18. The molecule has 2 heteroatoms. The molecule has 0 spiro atoms. The van der Waals surface area contributed by atoms with Gasteiger partial charge in [0.1, 0.15) is 0 Å². The molecule has 1 atom stereocenters. The van der Waals surface area contributed by atoms with Crippen molar-refractivity contribution in [1.82, 2.24) is 4.90 Å². The van der Waals surface area contributed by atoms with Crippen LogP contribution in [0.25, 0.3) is 0 Å². The van der Waals surface area contributed by atoms with Crippen molar-refractivity contribution in [3.05, 3.63) is 29.8 Å². The molecule has 0 saturated heterocycles. The van der Waals surface area contributed by atoms with E-state index in [0.29, 0.717) is 6.04 Å². The summed E-state index contributed by atoms with van der Waals surface area (Å²) in [4.78, 5) is 2.41. The molecule has 0 heterocycles. The number of benzene rings is 1. The van der Waals surface area contributed by atoms with Crippen LogP contribution in [-0.4, -0.2) is 24.5 Å². The molecular weight excluding hydrogens is 196 g/mol. The van der Waals surface area contributed by atoms with Crippen LogP contribution in [0, 0.1) is 0 Å². The Morgan fingerprint density at radius 1 is 1.31 bits per heavy atom. The Morgan fingerprint density at radius 3 is 2.62 bits per heavy atom. The molecule has 1 aromatic carbocycles. The van der Waals surface area contributed by atoms with Gasteiger partial charge in [0, 0.05) is 11.7 Å². The van der Waals surface area contributed by atoms with Crippen LogP contribution in [0.1, 0.15) is 32.3 Å². The molecule has 0 aliphatic rings. The molecule has 0 aliphatic carbocycles. The van der Waals surface area contributed by atoms with Crippen molar-refractivity contribution in [2.45, 2.75) is 39.2 Å². The van der Waals surface area contributed by atoms with E-state index in [9.17, 15) is 0 Å². The van der Waals surface area contributed by atoms with Gasteiger partial charge in [0.15, 0.2) is 0 Å². The van der Waals surface area contributed by atoms with Gasteiger partial charge in [-0.05, 0) is 45.0 Å². The van der Waals surface area contributed by atoms with Crippen molar-refractivity contribution in [3.8, 4) is 0 Å². The first-order chi connectivity index (χ1) is 7.65. The van der Waals surface area contributed by atoms with Crippen molar-refractivity contribution >= 4 is 5.69 Å². The highest BCUT2D eigenvalue weighted by atomic mass is 15.1. The van der Waals surface area contributed by atoms with E-state index in [1.807, 2.05) is 12.1 Å². The predicted molar refractivity (Wildman–Crippen MR) is 71.6 cm³/mol. The van der Waals surface area contributed by atoms with Crippen LogP contribution < -0.4 is 5.73 Å². The van der Waals surface area contributed by atoms with Crippen LogP contribution in [-0.2, 0) is 6.42 Å². The zero-order chi connectivity index (χ0) is 12.0. The average Bonchev–Trinajstić information content (AvgIpc) is 2.28. The number of nitrogens with zero attached hydrogens (tertiary/aromatic N) is 1. The molecular formula is C14H24N2. The van der Waals surface area contributed by atoms with Gasteiger partial charge in [-0.2, -0.15) is 0 Å². The summed E-state index contributed by atoms with van der Waals surface area (Å²) in [6.07, 6.45) is 3.56. The number of unbranched alkanes of at least 4 members (excludes halogenated alkanes) is 1. The Bertz CT molecular complexity index is 309. The lowest BCUT2D eigenvalue weighted by atomic mass is 10.0. The zero-order valence-electron chi connectivity index (χ0n) is 10.7. The summed E-state index contributed by atoms with van der Waals surface area (Å²) in [6.45, 7) is 5.67. The number of anilines is 1. The molecule has 90 valence electrons. The summed E-state index contributed by atoms with van der Waals surface area (Å²) < 4.78 is 0. The van der Waals surface area contributed by atoms with Gasteiger partial charge in [0.25, 0.3) is 0 Å². The summed E-state index contributed by atoms with van der Waals surface area (Å²) in [5.41, 5.74) is 8.13. The normalized spacial score (nSPS) is 13.0. The number of para-hydroxylation sites is 1. The molecule has 0 radical (unpaired) electrons. The lowest BCUT2D eigenvalue weighted by molar-refractivity contribution is 0.253. The fraction of sp³-hybridized carbons (Fsp3) is 0.571. The molecule has 2 N–H and O–H groups in total. The van der Waals surface area contributed by atoms with E-state index < -0.39 is 0 Å². The number of nitrogens with two attached hydrogens (primary N) is 1. The Morgan fingerprint density at radius 2 is 2.00 bits per heavy atom. The molecule has 0 saturated carbocycles. The molecule has 16 heavy (non-hydrogen) atoms. The van der Waals surface area contributed by atoms with Gasteiger partial charge in [0.05, 0.1) is 0 Å². The highest BCUT2D eigenvalue weighted by molar-refractivity contribution is 5.46. The van der Waals surface area contributed by atoms with E-state index in [-0.39, 0.29) is 0 Å². The smallest absolute Gasteiger partial charge is 0.0347 e. The first kappa shape index (κ1) is 13.0. The molecule has 1 aromatic rings. The van der Waals surface area contributed by atoms with Crippen LogP contribution in [0.15, 0.2) is 24.3 Å². The third-order valence-electron chi connectivity index (χ3n) is 3.19. The molecule has 0 aromatic heterocycles. The number of likely N-dealkylation sites (N-methyl/N-ethyl adjacent to an activating group) is 1. The second-order valence-corrected chi connectivity index (χ2v) is 4.59. The Kier molecular flexibility index (Phi) is 5.33. The van der Waals surface area contributed by atoms with Crippen LogP contribution >= 0.6 is 0 Å². The highest BCUT2D eigenvalue weighted by Gasteiger charge is 2.10. The number of hydrogen-bond acceptors (Lipinski definition) is 2. The van der Waals surface area contributed by atoms with Crippen LogP contribution in [0.2, 0.25) is 0 Å². The second-order valence-electron chi connectivity index (χ2n) is 4.59. The van der Waals surface area contributed by atoms with E-state index in [0.717, 1.165) is 12.1 Å². The Hall–Kier alpha value is -1.02. The largest absolute Gasteiger partial charge is 0.399 e. The van der Waals surface area contributed by atoms with Gasteiger partial charge in [-0.15, -0.1) is 0 Å². The topological polar surface area (TPSA) is 29.3 Å². The Balaban J connectivity index is 2.50. The molecule has 0 aliphatic heterocycles. The zero-order valence-corrected chi connectivity index (χ0v) is 10.7. The van der Waals surface area contributed by atoms with E-state index in [1.54, 1.807) is 0 Å². The summed E-state index contributed by atoms with van der Waals surface area (Å²) >= 11 is 0. The van der Waals surface area contributed by atoms with Crippen molar-refractivity contribution in [1.29, 1.82) is 0 Å². The Labute approximate surface area is 99.5 Å². The minimum atomic E-state index is 0.552. The molecule has 0 amide bonds. The van der Waals surface area contributed by atoms with Crippen molar-refractivity contribution in [2.24, 2.45) is 0 Å². The maximum Gasteiger partial charge on any atom is 0.0347 e. The van der Waals surface area contributed by atoms with E-state index >= 15 is 0 Å². The van der Waals surface area contributed by atoms with Gasteiger partial charge in [0.2, 0.25) is 0 Å². The maximum absolute atomic E-state index is 5.95. The first-order valence-corrected chi connectivity index (χ1v) is 6.18. The SMILES string of the molecule is CCCCN(C)C(C)Cc1ccccc1N. The van der Waals surface area contributed by atoms with Gasteiger partial charge in [-0.3, -0.25) is 0 Å². The number of nitrogen functional groups attached to an aromatic ring is 1. The fourth-order valence-electron chi connectivity index (χ4n) is 1.82. The van der Waals surface area contributed by atoms with Gasteiger partial charge in [-0.25, -0.2) is 0 Å². The van der Waals surface area contributed by atoms with Crippen molar-refractivity contribution < 1.29 is 0 Å². The van der Waals surface area contributed by atoms with Gasteiger partial charge >= 0.3 is 0 Å². The molecule has 0 bridgehead atoms. The lowest BCUT2D eigenvalue weighted by Crippen LogP contribution is -2.31. The third kappa shape index (κ3) is 3.86. The van der Waals surface area contributed by atoms with E-state index in [1.165, 1.54) is 24.9 Å². The maximum atomic E-state index is 5.95. The van der Waals surface area contributed by atoms with Crippen molar-refractivity contribution in [2.75, 3.05) is 19.3 Å². The summed E-state index contributed by atoms with van der Waals surface area (Å²) in [5, 5.41) is 0. The van der Waals surface area contributed by atoms with Crippen LogP contribution in [0.5, 0.6) is 0 Å². The minimum Gasteiger partial charge on any atom is -0.399 e. The predicted octanol–water partition coefficient (Wildman–Crippen LogP) is 2.93. The highest BCUT2D eigenvalue weighted by Crippen LogP contribution is 2.15. The molecule has 1 rings (SSSR count). The quantitative estimate of drug-likeness (QED) is 0.747. The van der Waals surface area contributed by atoms with E-state index in [2.05, 4.69) is 37.9 Å². The van der Waals surface area contributed by atoms with Crippen LogP contribution in [0.4, 0.5) is 5.69 Å². The summed E-state index contributed by atoms with van der Waals surface area (Å²) in [5.74, 6) is 0. The second kappa shape index (κ2) is 6.54. The van der Waals surface area contributed by atoms with Crippen LogP contribution in [0.3, 0.4) is 0 Å². The fourth-order valence-corrected chi connectivity index (χ4v) is 1.82. The monoisotopic (exact) mass is 220 g/mol. The molecule has 0 fully saturated rings. The number of hydrogen-bond donors (Lipinski definition) is 1. The summed E-state index contributed by atoms with van der Waals surface area (Å²) in [6, 6.07) is 8.71. The number of rotatable bonds is 6. The van der Waals surface area contributed by atoms with Gasteiger partial charge in [-0.1, -0.05) is 31.5 Å². The molecule has 2 nitrogen and oxygen atoms in total. The standard InChI is InChI=1S/C14H24N2/c1-4-5-10-16(3)12(2)11-13-8-6-7-9-14(13)15/h6-9,12H,4-5,10-11,15H2,1-3H3. The third-order valence-corrected chi connectivity index (χ3v) is 3.19. The van der Waals surface area contributed by atoms with Crippen molar-refractivity contribution in [3.63, 3.8) is 0 Å². The molecule has 1 unspecified atom stereocenters. The average molecular weight is 220 g/mol. The lowest BCUT2D eigenvalue weighted by Gasteiger charge is -2.25.